The van der Waals surface area contributed by atoms with Crippen LogP contribution < -0.4 is 5.32 Å². The number of esters is 2. The minimum Gasteiger partial charge on any atom is -0.469 e. The van der Waals surface area contributed by atoms with Crippen LogP contribution in [0.15, 0.2) is 0 Å². The molecule has 0 radical (unpaired) electrons. The maximum Gasteiger partial charge on any atom is 0.341 e. The van der Waals surface area contributed by atoms with E-state index in [-0.39, 0.29) is 24.2 Å². The summed E-state index contributed by atoms with van der Waals surface area (Å²) < 4.78 is 9.48. The van der Waals surface area contributed by atoms with Crippen molar-refractivity contribution >= 4 is 34.2 Å². The van der Waals surface area contributed by atoms with Gasteiger partial charge in [-0.05, 0) is 36.2 Å². The quantitative estimate of drug-likeness (QED) is 0.789. The van der Waals surface area contributed by atoms with Crippen LogP contribution in [0.1, 0.15) is 60.8 Å². The van der Waals surface area contributed by atoms with Gasteiger partial charge >= 0.3 is 11.9 Å². The van der Waals surface area contributed by atoms with Crippen molar-refractivity contribution in [2.24, 2.45) is 11.3 Å². The standard InChI is InChI=1S/C19H27NO5S/c1-19(2,3)11-6-7-12-13(10-11)26-17(16(12)18(23)25-5)20-14(21)8-9-15(22)24-4/h11H,6-10H2,1-5H3,(H,20,21). The van der Waals surface area contributed by atoms with Crippen molar-refractivity contribution in [1.82, 2.24) is 0 Å². The van der Waals surface area contributed by atoms with E-state index >= 15 is 0 Å². The lowest BCUT2D eigenvalue weighted by Gasteiger charge is -2.33. The van der Waals surface area contributed by atoms with E-state index < -0.39 is 11.9 Å². The van der Waals surface area contributed by atoms with E-state index in [0.29, 0.717) is 16.5 Å². The van der Waals surface area contributed by atoms with Crippen LogP contribution in [0.2, 0.25) is 0 Å². The number of amides is 1. The summed E-state index contributed by atoms with van der Waals surface area (Å²) in [6.07, 6.45) is 2.72. The summed E-state index contributed by atoms with van der Waals surface area (Å²) >= 11 is 1.44. The third kappa shape index (κ3) is 4.63. The van der Waals surface area contributed by atoms with Crippen LogP contribution in [0.4, 0.5) is 5.00 Å². The smallest absolute Gasteiger partial charge is 0.341 e. The first kappa shape index (κ1) is 20.4. The zero-order valence-corrected chi connectivity index (χ0v) is 16.9. The molecule has 0 aliphatic heterocycles. The molecule has 1 aromatic heterocycles. The van der Waals surface area contributed by atoms with Crippen molar-refractivity contribution < 1.29 is 23.9 Å². The Bertz CT molecular complexity index is 702. The molecule has 1 aromatic rings. The highest BCUT2D eigenvalue weighted by molar-refractivity contribution is 7.17. The summed E-state index contributed by atoms with van der Waals surface area (Å²) in [6.45, 7) is 6.69. The first-order chi connectivity index (χ1) is 12.2. The van der Waals surface area contributed by atoms with E-state index in [9.17, 15) is 14.4 Å². The van der Waals surface area contributed by atoms with Gasteiger partial charge in [0.05, 0.1) is 26.2 Å². The summed E-state index contributed by atoms with van der Waals surface area (Å²) in [5.41, 5.74) is 1.65. The van der Waals surface area contributed by atoms with Gasteiger partial charge in [0.2, 0.25) is 5.91 Å². The van der Waals surface area contributed by atoms with Crippen LogP contribution in [-0.4, -0.2) is 32.1 Å². The Morgan fingerprint density at radius 3 is 2.42 bits per heavy atom. The molecule has 26 heavy (non-hydrogen) atoms. The summed E-state index contributed by atoms with van der Waals surface area (Å²) in [7, 11) is 2.63. The van der Waals surface area contributed by atoms with Gasteiger partial charge in [0.25, 0.3) is 0 Å². The minimum atomic E-state index is -0.438. The number of ether oxygens (including phenoxy) is 2. The second-order valence-corrected chi connectivity index (χ2v) is 8.73. The van der Waals surface area contributed by atoms with Gasteiger partial charge < -0.3 is 14.8 Å². The van der Waals surface area contributed by atoms with Crippen molar-refractivity contribution in [3.05, 3.63) is 16.0 Å². The number of hydrogen-bond acceptors (Lipinski definition) is 6. The van der Waals surface area contributed by atoms with Crippen molar-refractivity contribution in [1.29, 1.82) is 0 Å². The molecule has 2 rings (SSSR count). The molecule has 1 amide bonds. The maximum atomic E-state index is 12.3. The van der Waals surface area contributed by atoms with E-state index in [1.807, 2.05) is 0 Å². The first-order valence-electron chi connectivity index (χ1n) is 8.76. The average Bonchev–Trinajstić information content (AvgIpc) is 2.94. The molecule has 0 spiro atoms. The topological polar surface area (TPSA) is 81.7 Å². The zero-order chi connectivity index (χ0) is 19.5. The number of fused-ring (bicyclic) bond motifs is 1. The van der Waals surface area contributed by atoms with Gasteiger partial charge in [-0.15, -0.1) is 11.3 Å². The largest absolute Gasteiger partial charge is 0.469 e. The van der Waals surface area contributed by atoms with Gasteiger partial charge in [0.15, 0.2) is 0 Å². The fraction of sp³-hybridized carbons (Fsp3) is 0.632. The van der Waals surface area contributed by atoms with Gasteiger partial charge in [-0.1, -0.05) is 20.8 Å². The van der Waals surface area contributed by atoms with Crippen LogP contribution in [0.25, 0.3) is 0 Å². The summed E-state index contributed by atoms with van der Waals surface area (Å²) in [5, 5.41) is 3.31. The number of anilines is 1. The molecule has 0 fully saturated rings. The SMILES string of the molecule is COC(=O)CCC(=O)Nc1sc2c(c1C(=O)OC)CCC(C(C)(C)C)C2. The summed E-state index contributed by atoms with van der Waals surface area (Å²) in [6, 6.07) is 0. The molecule has 1 atom stereocenters. The molecule has 0 saturated carbocycles. The van der Waals surface area contributed by atoms with E-state index in [1.165, 1.54) is 25.6 Å². The lowest BCUT2D eigenvalue weighted by molar-refractivity contribution is -0.141. The third-order valence-corrected chi connectivity index (χ3v) is 6.09. The normalized spacial score (nSPS) is 16.6. The molecular formula is C19H27NO5S. The Morgan fingerprint density at radius 1 is 1.15 bits per heavy atom. The number of rotatable bonds is 5. The zero-order valence-electron chi connectivity index (χ0n) is 16.1. The first-order valence-corrected chi connectivity index (χ1v) is 9.58. The number of carbonyl (C=O) groups is 3. The van der Waals surface area contributed by atoms with Crippen molar-refractivity contribution in [3.63, 3.8) is 0 Å². The van der Waals surface area contributed by atoms with Gasteiger partial charge in [0.1, 0.15) is 5.00 Å². The molecule has 1 heterocycles. The number of methoxy groups -OCH3 is 2. The van der Waals surface area contributed by atoms with Gasteiger partial charge in [0, 0.05) is 11.3 Å². The molecule has 144 valence electrons. The van der Waals surface area contributed by atoms with Crippen LogP contribution in [0.5, 0.6) is 0 Å². The Hall–Kier alpha value is -1.89. The highest BCUT2D eigenvalue weighted by atomic mass is 32.1. The molecule has 0 bridgehead atoms. The van der Waals surface area contributed by atoms with E-state index in [0.717, 1.165) is 29.7 Å². The predicted octanol–water partition coefficient (Wildman–Crippen LogP) is 3.58. The number of hydrogen-bond donors (Lipinski definition) is 1. The Kier molecular flexibility index (Phi) is 6.44. The van der Waals surface area contributed by atoms with Gasteiger partial charge in [-0.25, -0.2) is 4.79 Å². The maximum absolute atomic E-state index is 12.3. The molecule has 1 unspecified atom stereocenters. The van der Waals surface area contributed by atoms with Gasteiger partial charge in [-0.3, -0.25) is 9.59 Å². The molecule has 7 heteroatoms. The second kappa shape index (κ2) is 8.20. The minimum absolute atomic E-state index is 0.00702. The second-order valence-electron chi connectivity index (χ2n) is 7.63. The van der Waals surface area contributed by atoms with E-state index in [2.05, 4.69) is 30.8 Å². The molecular weight excluding hydrogens is 354 g/mol. The van der Waals surface area contributed by atoms with Crippen LogP contribution in [0, 0.1) is 11.3 Å². The molecule has 1 aliphatic rings. The summed E-state index contributed by atoms with van der Waals surface area (Å²) in [4.78, 5) is 36.8. The predicted molar refractivity (Wildman–Crippen MR) is 101 cm³/mol. The molecule has 6 nitrogen and oxygen atoms in total. The average molecular weight is 381 g/mol. The molecule has 0 aromatic carbocycles. The van der Waals surface area contributed by atoms with Crippen LogP contribution in [-0.2, 0) is 31.9 Å². The van der Waals surface area contributed by atoms with Crippen molar-refractivity contribution in [3.8, 4) is 0 Å². The monoisotopic (exact) mass is 381 g/mol. The number of nitrogens with one attached hydrogen (secondary N) is 1. The number of carbonyl (C=O) groups excluding carboxylic acids is 3. The number of thiophene rings is 1. The Morgan fingerprint density at radius 2 is 1.85 bits per heavy atom. The molecule has 1 N–H and O–H groups in total. The lowest BCUT2D eigenvalue weighted by atomic mass is 9.72. The highest BCUT2D eigenvalue weighted by Gasteiger charge is 2.34. The van der Waals surface area contributed by atoms with Gasteiger partial charge in [-0.2, -0.15) is 0 Å². The fourth-order valence-electron chi connectivity index (χ4n) is 3.24. The highest BCUT2D eigenvalue weighted by Crippen LogP contribution is 2.44. The summed E-state index contributed by atoms with van der Waals surface area (Å²) in [5.74, 6) is -0.652. The van der Waals surface area contributed by atoms with Crippen LogP contribution >= 0.6 is 11.3 Å². The Labute approximate surface area is 158 Å². The lowest BCUT2D eigenvalue weighted by Crippen LogP contribution is -2.26. The van der Waals surface area contributed by atoms with Crippen molar-refractivity contribution in [2.75, 3.05) is 19.5 Å². The van der Waals surface area contributed by atoms with Crippen LogP contribution in [0.3, 0.4) is 0 Å². The molecule has 1 aliphatic carbocycles. The van der Waals surface area contributed by atoms with Crippen molar-refractivity contribution in [2.45, 2.75) is 52.9 Å². The Balaban J connectivity index is 2.24. The molecule has 0 saturated heterocycles. The fourth-order valence-corrected chi connectivity index (χ4v) is 4.57. The van der Waals surface area contributed by atoms with E-state index in [4.69, 9.17) is 4.74 Å². The third-order valence-electron chi connectivity index (χ3n) is 4.92. The van der Waals surface area contributed by atoms with E-state index in [1.54, 1.807) is 0 Å².